The summed E-state index contributed by atoms with van der Waals surface area (Å²) in [5, 5.41) is 17.6. The van der Waals surface area contributed by atoms with E-state index in [4.69, 9.17) is 5.73 Å². The third kappa shape index (κ3) is 3.49. The first-order chi connectivity index (χ1) is 12.7. The summed E-state index contributed by atoms with van der Waals surface area (Å²) >= 11 is 1.55. The Morgan fingerprint density at radius 3 is 2.81 bits per heavy atom. The molecule has 3 heterocycles. The Labute approximate surface area is 153 Å². The van der Waals surface area contributed by atoms with E-state index in [0.29, 0.717) is 17.6 Å². The molecule has 0 amide bonds. The van der Waals surface area contributed by atoms with Gasteiger partial charge in [0.05, 0.1) is 4.88 Å². The number of benzene rings is 1. The summed E-state index contributed by atoms with van der Waals surface area (Å²) in [6.45, 7) is 2.24. The molecule has 130 valence electrons. The molecule has 4 rings (SSSR count). The van der Waals surface area contributed by atoms with Gasteiger partial charge in [0.15, 0.2) is 5.82 Å². The van der Waals surface area contributed by atoms with Gasteiger partial charge in [0.1, 0.15) is 6.54 Å². The predicted octanol–water partition coefficient (Wildman–Crippen LogP) is 2.27. The van der Waals surface area contributed by atoms with Crippen molar-refractivity contribution >= 4 is 28.9 Å². The average molecular weight is 365 g/mol. The SMILES string of the molecule is Cc1ccccc1Nc1nc(N)nc(Cn2nnc(-c3cccs3)n2)n1. The minimum absolute atomic E-state index is 0.129. The first-order valence-electron chi connectivity index (χ1n) is 7.82. The number of para-hydroxylation sites is 1. The predicted molar refractivity (Wildman–Crippen MR) is 98.9 cm³/mol. The Kier molecular flexibility index (Phi) is 4.23. The quantitative estimate of drug-likeness (QED) is 0.552. The number of aryl methyl sites for hydroxylation is 1. The van der Waals surface area contributed by atoms with Crippen LogP contribution in [0.4, 0.5) is 17.6 Å². The summed E-state index contributed by atoms with van der Waals surface area (Å²) < 4.78 is 0. The van der Waals surface area contributed by atoms with Gasteiger partial charge in [-0.05, 0) is 35.2 Å². The molecule has 0 saturated carbocycles. The van der Waals surface area contributed by atoms with Crippen LogP contribution in [0.3, 0.4) is 0 Å². The molecule has 0 radical (unpaired) electrons. The van der Waals surface area contributed by atoms with Crippen molar-refractivity contribution in [3.05, 3.63) is 53.2 Å². The van der Waals surface area contributed by atoms with E-state index in [2.05, 4.69) is 35.7 Å². The van der Waals surface area contributed by atoms with Crippen LogP contribution in [0.2, 0.25) is 0 Å². The number of hydrogen-bond acceptors (Lipinski definition) is 9. The van der Waals surface area contributed by atoms with E-state index in [1.807, 2.05) is 48.7 Å². The molecule has 0 atom stereocenters. The van der Waals surface area contributed by atoms with Gasteiger partial charge in [-0.25, -0.2) is 0 Å². The number of hydrogen-bond donors (Lipinski definition) is 2. The van der Waals surface area contributed by atoms with Gasteiger partial charge >= 0.3 is 0 Å². The maximum atomic E-state index is 5.82. The van der Waals surface area contributed by atoms with Crippen molar-refractivity contribution in [1.82, 2.24) is 35.2 Å². The highest BCUT2D eigenvalue weighted by Gasteiger charge is 2.11. The van der Waals surface area contributed by atoms with Crippen LogP contribution >= 0.6 is 11.3 Å². The number of tetrazole rings is 1. The first kappa shape index (κ1) is 16.1. The average Bonchev–Trinajstić information content (AvgIpc) is 3.28. The Hall–Kier alpha value is -3.40. The fraction of sp³-hybridized carbons (Fsp3) is 0.125. The van der Waals surface area contributed by atoms with Crippen molar-refractivity contribution < 1.29 is 0 Å². The van der Waals surface area contributed by atoms with Crippen LogP contribution in [-0.2, 0) is 6.54 Å². The number of nitrogen functional groups attached to an aromatic ring is 1. The van der Waals surface area contributed by atoms with Crippen LogP contribution in [0.1, 0.15) is 11.4 Å². The second kappa shape index (κ2) is 6.84. The fourth-order valence-corrected chi connectivity index (χ4v) is 2.99. The molecule has 0 unspecified atom stereocenters. The van der Waals surface area contributed by atoms with Gasteiger partial charge in [-0.2, -0.15) is 19.7 Å². The lowest BCUT2D eigenvalue weighted by Crippen LogP contribution is -2.12. The first-order valence-corrected chi connectivity index (χ1v) is 8.70. The largest absolute Gasteiger partial charge is 0.368 e. The van der Waals surface area contributed by atoms with Gasteiger partial charge in [0.2, 0.25) is 17.7 Å². The van der Waals surface area contributed by atoms with Crippen molar-refractivity contribution in [3.63, 3.8) is 0 Å². The van der Waals surface area contributed by atoms with Crippen molar-refractivity contribution in [3.8, 4) is 10.7 Å². The second-order valence-electron chi connectivity index (χ2n) is 5.49. The normalized spacial score (nSPS) is 10.8. The van der Waals surface area contributed by atoms with Crippen molar-refractivity contribution in [2.24, 2.45) is 0 Å². The highest BCUT2D eigenvalue weighted by molar-refractivity contribution is 7.13. The molecule has 9 nitrogen and oxygen atoms in total. The maximum Gasteiger partial charge on any atom is 0.232 e. The number of nitrogens with zero attached hydrogens (tertiary/aromatic N) is 7. The highest BCUT2D eigenvalue weighted by Crippen LogP contribution is 2.20. The zero-order chi connectivity index (χ0) is 17.9. The van der Waals surface area contributed by atoms with E-state index < -0.39 is 0 Å². The minimum atomic E-state index is 0.129. The molecule has 10 heteroatoms. The zero-order valence-electron chi connectivity index (χ0n) is 13.9. The van der Waals surface area contributed by atoms with Crippen molar-refractivity contribution in [1.29, 1.82) is 0 Å². The number of nitrogens with two attached hydrogens (primary N) is 1. The van der Waals surface area contributed by atoms with Crippen molar-refractivity contribution in [2.75, 3.05) is 11.1 Å². The van der Waals surface area contributed by atoms with Crippen LogP contribution < -0.4 is 11.1 Å². The summed E-state index contributed by atoms with van der Waals surface area (Å²) in [6.07, 6.45) is 0. The molecule has 0 aliphatic carbocycles. The number of rotatable bonds is 5. The number of thiophene rings is 1. The van der Waals surface area contributed by atoms with E-state index in [-0.39, 0.29) is 12.5 Å². The van der Waals surface area contributed by atoms with Crippen LogP contribution in [0.5, 0.6) is 0 Å². The molecule has 0 spiro atoms. The molecule has 4 aromatic rings. The van der Waals surface area contributed by atoms with E-state index in [1.54, 1.807) is 11.3 Å². The molecule has 0 fully saturated rings. The summed E-state index contributed by atoms with van der Waals surface area (Å²) in [7, 11) is 0. The highest BCUT2D eigenvalue weighted by atomic mass is 32.1. The second-order valence-corrected chi connectivity index (χ2v) is 6.44. The topological polar surface area (TPSA) is 120 Å². The minimum Gasteiger partial charge on any atom is -0.368 e. The molecule has 0 saturated heterocycles. The Balaban J connectivity index is 1.56. The summed E-state index contributed by atoms with van der Waals surface area (Å²) in [4.78, 5) is 15.1. The fourth-order valence-electron chi connectivity index (χ4n) is 2.34. The molecular formula is C16H15N9S. The van der Waals surface area contributed by atoms with E-state index >= 15 is 0 Å². The number of nitrogens with one attached hydrogen (secondary N) is 1. The molecule has 0 aliphatic rings. The van der Waals surface area contributed by atoms with Crippen LogP contribution in [0.25, 0.3) is 10.7 Å². The number of aromatic nitrogens is 7. The monoisotopic (exact) mass is 365 g/mol. The van der Waals surface area contributed by atoms with E-state index in [9.17, 15) is 0 Å². The van der Waals surface area contributed by atoms with Gasteiger partial charge < -0.3 is 11.1 Å². The molecule has 0 aliphatic heterocycles. The van der Waals surface area contributed by atoms with Crippen molar-refractivity contribution in [2.45, 2.75) is 13.5 Å². The Morgan fingerprint density at radius 1 is 1.12 bits per heavy atom. The lowest BCUT2D eigenvalue weighted by molar-refractivity contribution is 0.554. The van der Waals surface area contributed by atoms with Gasteiger partial charge in [0, 0.05) is 5.69 Å². The van der Waals surface area contributed by atoms with Gasteiger partial charge in [-0.15, -0.1) is 21.5 Å². The Morgan fingerprint density at radius 2 is 2.00 bits per heavy atom. The molecule has 0 bridgehead atoms. The van der Waals surface area contributed by atoms with E-state index in [0.717, 1.165) is 16.1 Å². The molecule has 1 aromatic carbocycles. The summed E-state index contributed by atoms with van der Waals surface area (Å²) in [5.74, 6) is 1.52. The van der Waals surface area contributed by atoms with Gasteiger partial charge in [0.25, 0.3) is 0 Å². The smallest absolute Gasteiger partial charge is 0.232 e. The van der Waals surface area contributed by atoms with Crippen LogP contribution in [0, 0.1) is 6.92 Å². The lowest BCUT2D eigenvalue weighted by Gasteiger charge is -2.09. The van der Waals surface area contributed by atoms with E-state index in [1.165, 1.54) is 4.80 Å². The molecule has 3 aromatic heterocycles. The third-order valence-electron chi connectivity index (χ3n) is 3.57. The third-order valence-corrected chi connectivity index (χ3v) is 4.43. The zero-order valence-corrected chi connectivity index (χ0v) is 14.7. The standard InChI is InChI=1S/C16H15N9S/c1-10-5-2-3-6-11(10)18-16-20-13(19-15(17)21-16)9-25-23-14(22-24-25)12-7-4-8-26-12/h2-8H,9H2,1H3,(H3,17,18,19,20,21). The van der Waals surface area contributed by atoms with Crippen LogP contribution in [-0.4, -0.2) is 35.2 Å². The van der Waals surface area contributed by atoms with Gasteiger partial charge in [-0.3, -0.25) is 0 Å². The number of anilines is 3. The lowest BCUT2D eigenvalue weighted by atomic mass is 10.2. The molecule has 26 heavy (non-hydrogen) atoms. The summed E-state index contributed by atoms with van der Waals surface area (Å²) in [6, 6.07) is 11.7. The Bertz CT molecular complexity index is 1030. The summed E-state index contributed by atoms with van der Waals surface area (Å²) in [5.41, 5.74) is 7.80. The maximum absolute atomic E-state index is 5.82. The molecule has 3 N–H and O–H groups in total. The van der Waals surface area contributed by atoms with Crippen LogP contribution in [0.15, 0.2) is 41.8 Å². The molecular weight excluding hydrogens is 350 g/mol. The van der Waals surface area contributed by atoms with Gasteiger partial charge in [-0.1, -0.05) is 24.3 Å².